The summed E-state index contributed by atoms with van der Waals surface area (Å²) in [5, 5.41) is 9.77. The second-order valence-corrected chi connectivity index (χ2v) is 6.11. The molecule has 1 aliphatic rings. The largest absolute Gasteiger partial charge is 0.386 e. The molecule has 1 fully saturated rings. The average Bonchev–Trinajstić information content (AvgIpc) is 2.23. The Labute approximate surface area is 78.8 Å². The fourth-order valence-electron chi connectivity index (χ4n) is 1.33. The molecule has 1 heterocycles. The molecule has 0 aliphatic carbocycles. The second-order valence-electron chi connectivity index (χ2n) is 3.93. The minimum atomic E-state index is -3.03. The van der Waals surface area contributed by atoms with Crippen molar-refractivity contribution in [3.05, 3.63) is 0 Å². The summed E-state index contributed by atoms with van der Waals surface area (Å²) in [6.45, 7) is 3.82. The molecule has 1 rings (SSSR count). The predicted octanol–water partition coefficient (Wildman–Crippen LogP) is -0.0390. The molecular formula is C8H16O4S. The van der Waals surface area contributed by atoms with Crippen LogP contribution in [-0.4, -0.2) is 43.3 Å². The van der Waals surface area contributed by atoms with Gasteiger partial charge in [0, 0.05) is 0 Å². The van der Waals surface area contributed by atoms with E-state index in [4.69, 9.17) is 4.74 Å². The van der Waals surface area contributed by atoms with E-state index in [-0.39, 0.29) is 24.2 Å². The lowest BCUT2D eigenvalue weighted by molar-refractivity contribution is -0.0487. The smallest absolute Gasteiger partial charge is 0.153 e. The lowest BCUT2D eigenvalue weighted by Gasteiger charge is -2.21. The molecular weight excluding hydrogens is 192 g/mol. The minimum absolute atomic E-state index is 0.0207. The molecule has 1 atom stereocenters. The first kappa shape index (κ1) is 10.9. The van der Waals surface area contributed by atoms with Gasteiger partial charge in [-0.1, -0.05) is 0 Å². The molecule has 0 radical (unpaired) electrons. The van der Waals surface area contributed by atoms with Crippen molar-refractivity contribution < 1.29 is 18.3 Å². The maximum atomic E-state index is 11.1. The molecule has 0 aromatic carbocycles. The molecule has 0 spiro atoms. The second kappa shape index (κ2) is 3.55. The van der Waals surface area contributed by atoms with Crippen molar-refractivity contribution in [3.63, 3.8) is 0 Å². The van der Waals surface area contributed by atoms with Gasteiger partial charge in [-0.3, -0.25) is 0 Å². The fraction of sp³-hybridized carbons (Fsp3) is 1.00. The van der Waals surface area contributed by atoms with E-state index < -0.39 is 15.4 Å². The van der Waals surface area contributed by atoms with Crippen molar-refractivity contribution in [3.8, 4) is 0 Å². The van der Waals surface area contributed by atoms with Gasteiger partial charge in [0.05, 0.1) is 24.2 Å². The standard InChI is InChI=1S/C8H16O4S/c1-7(2)12-5-8(9)3-4-13(10,11)6-8/h7,9H,3-6H2,1-2H3. The van der Waals surface area contributed by atoms with Crippen molar-refractivity contribution >= 4 is 9.84 Å². The maximum Gasteiger partial charge on any atom is 0.153 e. The average molecular weight is 208 g/mol. The summed E-state index contributed by atoms with van der Waals surface area (Å²) in [7, 11) is -3.03. The van der Waals surface area contributed by atoms with E-state index >= 15 is 0 Å². The number of hydrogen-bond donors (Lipinski definition) is 1. The topological polar surface area (TPSA) is 63.6 Å². The van der Waals surface area contributed by atoms with Gasteiger partial charge in [-0.15, -0.1) is 0 Å². The van der Waals surface area contributed by atoms with Gasteiger partial charge in [-0.2, -0.15) is 0 Å². The highest BCUT2D eigenvalue weighted by Gasteiger charge is 2.40. The fourth-order valence-corrected chi connectivity index (χ4v) is 3.22. The number of ether oxygens (including phenoxy) is 1. The van der Waals surface area contributed by atoms with E-state index in [1.165, 1.54) is 0 Å². The Morgan fingerprint density at radius 1 is 1.54 bits per heavy atom. The van der Waals surface area contributed by atoms with Crippen molar-refractivity contribution in [2.75, 3.05) is 18.1 Å². The third kappa shape index (κ3) is 3.25. The number of rotatable bonds is 3. The van der Waals surface area contributed by atoms with Gasteiger partial charge in [0.15, 0.2) is 9.84 Å². The lowest BCUT2D eigenvalue weighted by atomic mass is 10.1. The van der Waals surface area contributed by atoms with Crippen molar-refractivity contribution in [1.29, 1.82) is 0 Å². The van der Waals surface area contributed by atoms with E-state index in [9.17, 15) is 13.5 Å². The minimum Gasteiger partial charge on any atom is -0.386 e. The molecule has 0 saturated carbocycles. The van der Waals surface area contributed by atoms with E-state index in [0.717, 1.165) is 0 Å². The van der Waals surface area contributed by atoms with Gasteiger partial charge in [0.25, 0.3) is 0 Å². The summed E-state index contributed by atoms with van der Waals surface area (Å²) in [5.74, 6) is -0.0856. The Bertz CT molecular complexity index is 270. The van der Waals surface area contributed by atoms with Crippen LogP contribution in [0.5, 0.6) is 0 Å². The van der Waals surface area contributed by atoms with Gasteiger partial charge < -0.3 is 9.84 Å². The predicted molar refractivity (Wildman–Crippen MR) is 49.3 cm³/mol. The van der Waals surface area contributed by atoms with Gasteiger partial charge in [-0.25, -0.2) is 8.42 Å². The van der Waals surface area contributed by atoms with Crippen molar-refractivity contribution in [2.24, 2.45) is 0 Å². The van der Waals surface area contributed by atoms with E-state index in [1.807, 2.05) is 13.8 Å². The Kier molecular flexibility index (Phi) is 2.99. The van der Waals surface area contributed by atoms with Crippen LogP contribution in [0.15, 0.2) is 0 Å². The third-order valence-corrected chi connectivity index (χ3v) is 3.86. The summed E-state index contributed by atoms with van der Waals surface area (Å²) >= 11 is 0. The number of aliphatic hydroxyl groups is 1. The summed E-state index contributed by atoms with van der Waals surface area (Å²) < 4.78 is 27.4. The molecule has 13 heavy (non-hydrogen) atoms. The van der Waals surface area contributed by atoms with Crippen LogP contribution < -0.4 is 0 Å². The first-order chi connectivity index (χ1) is 5.83. The number of hydrogen-bond acceptors (Lipinski definition) is 4. The molecule has 0 aromatic heterocycles. The number of sulfone groups is 1. The Morgan fingerprint density at radius 3 is 2.54 bits per heavy atom. The van der Waals surface area contributed by atoms with E-state index in [2.05, 4.69) is 0 Å². The summed E-state index contributed by atoms with van der Waals surface area (Å²) in [6.07, 6.45) is 0.314. The summed E-state index contributed by atoms with van der Waals surface area (Å²) in [6, 6.07) is 0. The quantitative estimate of drug-likeness (QED) is 0.707. The first-order valence-corrected chi connectivity index (χ1v) is 6.20. The molecule has 1 saturated heterocycles. The van der Waals surface area contributed by atoms with Gasteiger partial charge in [0.1, 0.15) is 5.60 Å². The highest BCUT2D eigenvalue weighted by Crippen LogP contribution is 2.23. The molecule has 1 unspecified atom stereocenters. The van der Waals surface area contributed by atoms with Crippen LogP contribution in [-0.2, 0) is 14.6 Å². The Balaban J connectivity index is 2.50. The van der Waals surface area contributed by atoms with Gasteiger partial charge in [-0.05, 0) is 20.3 Å². The van der Waals surface area contributed by atoms with Crippen LogP contribution in [0, 0.1) is 0 Å². The molecule has 0 amide bonds. The Hall–Kier alpha value is -0.130. The zero-order chi connectivity index (χ0) is 10.1. The molecule has 5 heteroatoms. The van der Waals surface area contributed by atoms with E-state index in [1.54, 1.807) is 0 Å². The van der Waals surface area contributed by atoms with Crippen LogP contribution in [0.2, 0.25) is 0 Å². The van der Waals surface area contributed by atoms with Crippen LogP contribution in [0.1, 0.15) is 20.3 Å². The molecule has 0 bridgehead atoms. The molecule has 78 valence electrons. The van der Waals surface area contributed by atoms with Crippen LogP contribution in [0.3, 0.4) is 0 Å². The first-order valence-electron chi connectivity index (χ1n) is 4.37. The molecule has 4 nitrogen and oxygen atoms in total. The molecule has 1 N–H and O–H groups in total. The zero-order valence-electron chi connectivity index (χ0n) is 7.99. The third-order valence-electron chi connectivity index (χ3n) is 2.05. The summed E-state index contributed by atoms with van der Waals surface area (Å²) in [4.78, 5) is 0. The highest BCUT2D eigenvalue weighted by molar-refractivity contribution is 7.91. The van der Waals surface area contributed by atoms with Gasteiger partial charge >= 0.3 is 0 Å². The normalized spacial score (nSPS) is 32.6. The van der Waals surface area contributed by atoms with Crippen LogP contribution in [0.25, 0.3) is 0 Å². The van der Waals surface area contributed by atoms with Crippen molar-refractivity contribution in [2.45, 2.75) is 32.0 Å². The SMILES string of the molecule is CC(C)OCC1(O)CCS(=O)(=O)C1. The zero-order valence-corrected chi connectivity index (χ0v) is 8.80. The maximum absolute atomic E-state index is 11.1. The Morgan fingerprint density at radius 2 is 2.15 bits per heavy atom. The van der Waals surface area contributed by atoms with Crippen LogP contribution >= 0.6 is 0 Å². The highest BCUT2D eigenvalue weighted by atomic mass is 32.2. The monoisotopic (exact) mass is 208 g/mol. The molecule has 0 aromatic rings. The summed E-state index contributed by atoms with van der Waals surface area (Å²) in [5.41, 5.74) is -1.15. The van der Waals surface area contributed by atoms with Crippen molar-refractivity contribution in [1.82, 2.24) is 0 Å². The van der Waals surface area contributed by atoms with Gasteiger partial charge in [0.2, 0.25) is 0 Å². The lowest BCUT2D eigenvalue weighted by Crippen LogP contribution is -2.36. The van der Waals surface area contributed by atoms with Crippen LogP contribution in [0.4, 0.5) is 0 Å². The van der Waals surface area contributed by atoms with E-state index in [0.29, 0.717) is 6.42 Å². The molecule has 1 aliphatic heterocycles.